The van der Waals surface area contributed by atoms with Gasteiger partial charge in [-0.15, -0.1) is 0 Å². The fourth-order valence-corrected chi connectivity index (χ4v) is 1.60. The summed E-state index contributed by atoms with van der Waals surface area (Å²) in [5.41, 5.74) is 0. The van der Waals surface area contributed by atoms with Crippen LogP contribution in [0.15, 0.2) is 0 Å². The fraction of sp³-hybridized carbons (Fsp3) is 0.875. The average molecular weight is 219 g/mol. The van der Waals surface area contributed by atoms with Crippen molar-refractivity contribution >= 4 is 10.2 Å². The average Bonchev–Trinajstić information content (AvgIpc) is 2.01. The molecule has 82 valence electrons. The van der Waals surface area contributed by atoms with Gasteiger partial charge in [0.05, 0.1) is 6.07 Å². The molecular formula is C8H17N3O2S. The molecule has 0 aliphatic rings. The van der Waals surface area contributed by atoms with E-state index in [0.29, 0.717) is 6.42 Å². The van der Waals surface area contributed by atoms with Crippen LogP contribution >= 0.6 is 0 Å². The van der Waals surface area contributed by atoms with E-state index in [1.165, 1.54) is 14.1 Å². The van der Waals surface area contributed by atoms with Crippen molar-refractivity contribution in [2.45, 2.75) is 26.3 Å². The van der Waals surface area contributed by atoms with Crippen molar-refractivity contribution in [3.05, 3.63) is 0 Å². The summed E-state index contributed by atoms with van der Waals surface area (Å²) in [7, 11) is -0.649. The van der Waals surface area contributed by atoms with Gasteiger partial charge >= 0.3 is 0 Å². The van der Waals surface area contributed by atoms with E-state index in [1.54, 1.807) is 0 Å². The standard InChI is InChI=1S/C8H17N3O2S/c1-7(2)5-8(6-9)10-14(12,13)11(3)4/h7-8,10H,5H2,1-4H3. The second-order valence-corrected chi connectivity index (χ2v) is 5.63. The first-order valence-electron chi connectivity index (χ1n) is 4.39. The second kappa shape index (κ2) is 5.29. The van der Waals surface area contributed by atoms with Crippen LogP contribution in [-0.2, 0) is 10.2 Å². The van der Waals surface area contributed by atoms with Crippen molar-refractivity contribution in [1.82, 2.24) is 9.03 Å². The van der Waals surface area contributed by atoms with Crippen LogP contribution in [0.2, 0.25) is 0 Å². The van der Waals surface area contributed by atoms with Gasteiger partial charge in [0.25, 0.3) is 10.2 Å². The molecule has 0 spiro atoms. The molecule has 0 amide bonds. The summed E-state index contributed by atoms with van der Waals surface area (Å²) < 4.78 is 26.1. The van der Waals surface area contributed by atoms with Crippen LogP contribution in [-0.4, -0.2) is 32.9 Å². The molecule has 0 aromatic carbocycles. The van der Waals surface area contributed by atoms with Gasteiger partial charge in [-0.25, -0.2) is 0 Å². The molecule has 0 heterocycles. The number of rotatable bonds is 5. The van der Waals surface area contributed by atoms with E-state index >= 15 is 0 Å². The molecule has 0 bridgehead atoms. The second-order valence-electron chi connectivity index (χ2n) is 3.72. The van der Waals surface area contributed by atoms with Gasteiger partial charge in [0, 0.05) is 14.1 Å². The zero-order valence-corrected chi connectivity index (χ0v) is 9.80. The van der Waals surface area contributed by atoms with E-state index in [4.69, 9.17) is 5.26 Å². The van der Waals surface area contributed by atoms with Crippen molar-refractivity contribution in [2.75, 3.05) is 14.1 Å². The summed E-state index contributed by atoms with van der Waals surface area (Å²) in [4.78, 5) is 0. The minimum Gasteiger partial charge on any atom is -0.197 e. The van der Waals surface area contributed by atoms with Crippen molar-refractivity contribution < 1.29 is 8.42 Å². The Morgan fingerprint density at radius 2 is 1.93 bits per heavy atom. The van der Waals surface area contributed by atoms with Crippen LogP contribution in [0.1, 0.15) is 20.3 Å². The van der Waals surface area contributed by atoms with Gasteiger partial charge in [-0.2, -0.15) is 22.7 Å². The molecule has 0 saturated heterocycles. The first-order valence-corrected chi connectivity index (χ1v) is 5.83. The largest absolute Gasteiger partial charge is 0.280 e. The Morgan fingerprint density at radius 1 is 1.43 bits per heavy atom. The third-order valence-corrected chi connectivity index (χ3v) is 3.18. The summed E-state index contributed by atoms with van der Waals surface area (Å²) in [5, 5.41) is 8.72. The molecule has 0 fully saturated rings. The van der Waals surface area contributed by atoms with E-state index in [9.17, 15) is 8.42 Å². The number of hydrogen-bond acceptors (Lipinski definition) is 3. The third-order valence-electron chi connectivity index (χ3n) is 1.63. The molecule has 5 nitrogen and oxygen atoms in total. The van der Waals surface area contributed by atoms with Gasteiger partial charge < -0.3 is 0 Å². The van der Waals surface area contributed by atoms with Gasteiger partial charge in [0.2, 0.25) is 0 Å². The van der Waals surface area contributed by atoms with Crippen LogP contribution in [0, 0.1) is 17.2 Å². The quantitative estimate of drug-likeness (QED) is 0.723. The molecule has 6 heteroatoms. The van der Waals surface area contributed by atoms with Crippen molar-refractivity contribution in [3.8, 4) is 6.07 Å². The Hall–Kier alpha value is -0.640. The van der Waals surface area contributed by atoms with E-state index in [-0.39, 0.29) is 5.92 Å². The third kappa shape index (κ3) is 4.56. The fourth-order valence-electron chi connectivity index (χ4n) is 0.884. The van der Waals surface area contributed by atoms with Crippen LogP contribution < -0.4 is 4.72 Å². The Balaban J connectivity index is 4.42. The molecule has 0 aromatic heterocycles. The van der Waals surface area contributed by atoms with Crippen LogP contribution in [0.3, 0.4) is 0 Å². The van der Waals surface area contributed by atoms with E-state index in [0.717, 1.165) is 4.31 Å². The van der Waals surface area contributed by atoms with Crippen molar-refractivity contribution in [2.24, 2.45) is 5.92 Å². The first-order chi connectivity index (χ1) is 6.29. The molecule has 0 aromatic rings. The Kier molecular flexibility index (Phi) is 5.05. The van der Waals surface area contributed by atoms with E-state index in [1.807, 2.05) is 19.9 Å². The van der Waals surface area contributed by atoms with Gasteiger partial charge in [0.1, 0.15) is 6.04 Å². The lowest BCUT2D eigenvalue weighted by atomic mass is 10.1. The predicted molar refractivity (Wildman–Crippen MR) is 54.6 cm³/mol. The first kappa shape index (κ1) is 13.4. The lowest BCUT2D eigenvalue weighted by molar-refractivity contribution is 0.475. The Labute approximate surface area is 85.9 Å². The summed E-state index contributed by atoms with van der Waals surface area (Å²) in [6.45, 7) is 3.88. The molecule has 1 unspecified atom stereocenters. The van der Waals surface area contributed by atoms with Crippen molar-refractivity contribution in [3.63, 3.8) is 0 Å². The maximum absolute atomic E-state index is 11.3. The maximum atomic E-state index is 11.3. The SMILES string of the molecule is CC(C)CC(C#N)NS(=O)(=O)N(C)C. The normalized spacial score (nSPS) is 14.4. The predicted octanol–water partition coefficient (Wildman–Crippen LogP) is 0.321. The summed E-state index contributed by atoms with van der Waals surface area (Å²) in [6, 6.07) is 1.28. The van der Waals surface area contributed by atoms with Crippen LogP contribution in [0.5, 0.6) is 0 Å². The van der Waals surface area contributed by atoms with Gasteiger partial charge in [-0.3, -0.25) is 0 Å². The highest BCUT2D eigenvalue weighted by molar-refractivity contribution is 7.87. The molecule has 1 N–H and O–H groups in total. The topological polar surface area (TPSA) is 73.2 Å². The molecule has 0 radical (unpaired) electrons. The van der Waals surface area contributed by atoms with Crippen LogP contribution in [0.25, 0.3) is 0 Å². The van der Waals surface area contributed by atoms with E-state index < -0.39 is 16.3 Å². The molecule has 0 aliphatic carbocycles. The van der Waals surface area contributed by atoms with Gasteiger partial charge in [-0.05, 0) is 12.3 Å². The van der Waals surface area contributed by atoms with E-state index in [2.05, 4.69) is 4.72 Å². The number of hydrogen-bond donors (Lipinski definition) is 1. The summed E-state index contributed by atoms with van der Waals surface area (Å²) in [5.74, 6) is 0.282. The summed E-state index contributed by atoms with van der Waals surface area (Å²) in [6.07, 6.45) is 0.517. The van der Waals surface area contributed by atoms with Gasteiger partial charge in [-0.1, -0.05) is 13.8 Å². The monoisotopic (exact) mass is 219 g/mol. The minimum atomic E-state index is -3.49. The maximum Gasteiger partial charge on any atom is 0.280 e. The molecular weight excluding hydrogens is 202 g/mol. The number of nitriles is 1. The van der Waals surface area contributed by atoms with Crippen molar-refractivity contribution in [1.29, 1.82) is 5.26 Å². The Morgan fingerprint density at radius 3 is 2.21 bits per heavy atom. The lowest BCUT2D eigenvalue weighted by Crippen LogP contribution is -2.41. The summed E-state index contributed by atoms with van der Waals surface area (Å²) >= 11 is 0. The molecule has 0 aliphatic heterocycles. The zero-order chi connectivity index (χ0) is 11.4. The smallest absolute Gasteiger partial charge is 0.197 e. The zero-order valence-electron chi connectivity index (χ0n) is 8.98. The highest BCUT2D eigenvalue weighted by Crippen LogP contribution is 2.05. The highest BCUT2D eigenvalue weighted by Gasteiger charge is 2.19. The molecule has 0 saturated carbocycles. The molecule has 1 atom stereocenters. The molecule has 0 rings (SSSR count). The minimum absolute atomic E-state index is 0.282. The molecule has 14 heavy (non-hydrogen) atoms. The van der Waals surface area contributed by atoms with Gasteiger partial charge in [0.15, 0.2) is 0 Å². The highest BCUT2D eigenvalue weighted by atomic mass is 32.2. The number of nitrogens with one attached hydrogen (secondary N) is 1. The lowest BCUT2D eigenvalue weighted by Gasteiger charge is -2.17. The van der Waals surface area contributed by atoms with Crippen LogP contribution in [0.4, 0.5) is 0 Å². The number of nitrogens with zero attached hydrogens (tertiary/aromatic N) is 2. The Bertz CT molecular complexity index is 303.